The number of aliphatic hydroxyl groups is 3. The van der Waals surface area contributed by atoms with E-state index >= 15 is 0 Å². The molecular formula is C20H33ClN2O6S. The lowest BCUT2D eigenvalue weighted by atomic mass is 9.89. The van der Waals surface area contributed by atoms with Gasteiger partial charge in [-0.15, -0.1) is 29.9 Å². The van der Waals surface area contributed by atoms with Crippen LogP contribution in [0.5, 0.6) is 0 Å². The molecule has 172 valence electrons. The predicted octanol–water partition coefficient (Wildman–Crippen LogP) is -0.162. The number of rotatable bonds is 6. The van der Waals surface area contributed by atoms with E-state index < -0.39 is 47.3 Å². The Morgan fingerprint density at radius 1 is 1.33 bits per heavy atom. The van der Waals surface area contributed by atoms with Gasteiger partial charge in [0, 0.05) is 19.1 Å². The number of hydrogen-bond donors (Lipinski definition) is 5. The average molecular weight is 465 g/mol. The number of carbonyl (C=O) groups is 1. The van der Waals surface area contributed by atoms with Gasteiger partial charge in [-0.2, -0.15) is 0 Å². The number of carbonyl (C=O) groups excluding carboxylic acids is 1. The number of halogens is 1. The lowest BCUT2D eigenvalue weighted by molar-refractivity contribution is -0.205. The van der Waals surface area contributed by atoms with Gasteiger partial charge in [-0.1, -0.05) is 6.08 Å². The van der Waals surface area contributed by atoms with E-state index in [9.17, 15) is 20.1 Å². The molecule has 0 aromatic rings. The molecule has 11 atom stereocenters. The largest absolute Gasteiger partial charge is 0.388 e. The number of allylic oxidation sites excluding steroid dienone is 1. The van der Waals surface area contributed by atoms with Gasteiger partial charge in [0.15, 0.2) is 0 Å². The maximum atomic E-state index is 13.1. The molecule has 0 aromatic carbocycles. The van der Waals surface area contributed by atoms with Crippen molar-refractivity contribution in [2.45, 2.75) is 73.2 Å². The Morgan fingerprint density at radius 2 is 2.07 bits per heavy atom. The average Bonchev–Trinajstić information content (AvgIpc) is 3.00. The number of alkyl halides is 1. The van der Waals surface area contributed by atoms with Crippen molar-refractivity contribution in [3.05, 3.63) is 12.7 Å². The lowest BCUT2D eigenvalue weighted by Crippen LogP contribution is -2.65. The van der Waals surface area contributed by atoms with Crippen molar-refractivity contribution < 1.29 is 29.6 Å². The van der Waals surface area contributed by atoms with Crippen LogP contribution in [-0.4, -0.2) is 94.1 Å². The van der Waals surface area contributed by atoms with E-state index in [4.69, 9.17) is 21.1 Å². The summed E-state index contributed by atoms with van der Waals surface area (Å²) in [5.74, 6) is 0.308. The summed E-state index contributed by atoms with van der Waals surface area (Å²) in [4.78, 5) is 13.1. The zero-order valence-electron chi connectivity index (χ0n) is 17.3. The maximum Gasteiger partial charge on any atom is 0.240 e. The molecule has 10 heteroatoms. The lowest BCUT2D eigenvalue weighted by Gasteiger charge is -2.44. The second-order valence-electron chi connectivity index (χ2n) is 8.39. The van der Waals surface area contributed by atoms with Gasteiger partial charge in [-0.05, 0) is 31.9 Å². The Morgan fingerprint density at radius 3 is 2.70 bits per heavy atom. The minimum absolute atomic E-state index is 0.215. The summed E-state index contributed by atoms with van der Waals surface area (Å²) in [5.41, 5.74) is -0.738. The molecule has 1 amide bonds. The molecule has 5 N–H and O–H groups in total. The van der Waals surface area contributed by atoms with Gasteiger partial charge in [-0.25, -0.2) is 0 Å². The SMILES string of the molecule is C=C[C@@H]1CCO[C@@H]2[C@H](CN[C@@H]2C(=O)N[C@H]([C@H](C)Cl)[C@H]2OC(SC)[C@H](O)[C@H](O)C2O)C1. The fourth-order valence-corrected chi connectivity index (χ4v) is 5.51. The predicted molar refractivity (Wildman–Crippen MR) is 115 cm³/mol. The first-order valence-electron chi connectivity index (χ1n) is 10.4. The minimum Gasteiger partial charge on any atom is -0.388 e. The molecule has 3 aliphatic rings. The van der Waals surface area contributed by atoms with E-state index in [0.717, 1.165) is 12.8 Å². The van der Waals surface area contributed by atoms with E-state index in [1.807, 2.05) is 6.08 Å². The molecule has 3 saturated heterocycles. The third-order valence-corrected chi connectivity index (χ3v) is 7.54. The van der Waals surface area contributed by atoms with Gasteiger partial charge >= 0.3 is 0 Å². The van der Waals surface area contributed by atoms with Gasteiger partial charge in [-0.3, -0.25) is 4.79 Å². The number of nitrogens with one attached hydrogen (secondary N) is 2. The van der Waals surface area contributed by atoms with Crippen molar-refractivity contribution in [2.75, 3.05) is 19.4 Å². The van der Waals surface area contributed by atoms with Crippen LogP contribution in [0.25, 0.3) is 0 Å². The van der Waals surface area contributed by atoms with E-state index in [1.54, 1.807) is 13.2 Å². The fourth-order valence-electron chi connectivity index (χ4n) is 4.63. The number of thioether (sulfide) groups is 1. The smallest absolute Gasteiger partial charge is 0.240 e. The fraction of sp³-hybridized carbons (Fsp3) is 0.850. The first-order valence-corrected chi connectivity index (χ1v) is 12.1. The van der Waals surface area contributed by atoms with Crippen molar-refractivity contribution in [3.63, 3.8) is 0 Å². The normalized spacial score (nSPS) is 43.9. The quantitative estimate of drug-likeness (QED) is 0.271. The zero-order chi connectivity index (χ0) is 22.0. The molecule has 0 aliphatic carbocycles. The molecule has 3 fully saturated rings. The standard InChI is InChI=1S/C20H33ClN2O6S/c1-4-10-5-6-28-17-11(7-10)8-22-13(17)19(27)23-12(9(2)21)18-15(25)14(24)16(26)20(29-18)30-3/h4,9-18,20,22,24-26H,1,5-8H2,2-3H3,(H,23,27)/t9-,10+,11-,12+,13-,14+,15?,16+,17+,18+,20?/m0/s1. The summed E-state index contributed by atoms with van der Waals surface area (Å²) >= 11 is 7.57. The molecule has 30 heavy (non-hydrogen) atoms. The summed E-state index contributed by atoms with van der Waals surface area (Å²) in [6.07, 6.45) is 0.271. The molecule has 0 aromatic heterocycles. The molecule has 3 heterocycles. The molecule has 0 radical (unpaired) electrons. The molecule has 3 rings (SSSR count). The summed E-state index contributed by atoms with van der Waals surface area (Å²) in [6.45, 7) is 6.83. The topological polar surface area (TPSA) is 120 Å². The Bertz CT molecular complexity index is 612. The van der Waals surface area contributed by atoms with Crippen molar-refractivity contribution in [3.8, 4) is 0 Å². The Hall–Kier alpha value is -0.390. The molecule has 0 saturated carbocycles. The first-order chi connectivity index (χ1) is 14.3. The zero-order valence-corrected chi connectivity index (χ0v) is 18.9. The third kappa shape index (κ3) is 4.99. The molecular weight excluding hydrogens is 432 g/mol. The van der Waals surface area contributed by atoms with Gasteiger partial charge in [0.25, 0.3) is 0 Å². The molecule has 0 spiro atoms. The Labute approximate surface area is 186 Å². The van der Waals surface area contributed by atoms with Crippen LogP contribution >= 0.6 is 23.4 Å². The van der Waals surface area contributed by atoms with Crippen LogP contribution < -0.4 is 10.6 Å². The van der Waals surface area contributed by atoms with E-state index in [2.05, 4.69) is 17.2 Å². The summed E-state index contributed by atoms with van der Waals surface area (Å²) in [6, 6.07) is -1.30. The van der Waals surface area contributed by atoms with Crippen LogP contribution in [0.15, 0.2) is 12.7 Å². The third-order valence-electron chi connectivity index (χ3n) is 6.41. The molecule has 0 bridgehead atoms. The number of amides is 1. The summed E-state index contributed by atoms with van der Waals surface area (Å²) in [7, 11) is 0. The van der Waals surface area contributed by atoms with Crippen LogP contribution in [0.1, 0.15) is 19.8 Å². The number of hydrogen-bond acceptors (Lipinski definition) is 8. The van der Waals surface area contributed by atoms with Crippen LogP contribution in [0.4, 0.5) is 0 Å². The maximum absolute atomic E-state index is 13.1. The highest BCUT2D eigenvalue weighted by molar-refractivity contribution is 7.99. The van der Waals surface area contributed by atoms with Gasteiger partial charge in [0.2, 0.25) is 5.91 Å². The van der Waals surface area contributed by atoms with Crippen molar-refractivity contribution in [1.29, 1.82) is 0 Å². The minimum atomic E-state index is -1.40. The van der Waals surface area contributed by atoms with E-state index in [-0.39, 0.29) is 17.9 Å². The number of aliphatic hydroxyl groups excluding tert-OH is 3. The highest BCUT2D eigenvalue weighted by Crippen LogP contribution is 2.32. The van der Waals surface area contributed by atoms with Crippen LogP contribution in [-0.2, 0) is 14.3 Å². The van der Waals surface area contributed by atoms with E-state index in [1.165, 1.54) is 11.8 Å². The van der Waals surface area contributed by atoms with Crippen LogP contribution in [0.2, 0.25) is 0 Å². The second-order valence-corrected chi connectivity index (χ2v) is 10.0. The second kappa shape index (κ2) is 10.5. The highest BCUT2D eigenvalue weighted by Gasteiger charge is 2.49. The summed E-state index contributed by atoms with van der Waals surface area (Å²) in [5, 5.41) is 36.4. The molecule has 2 unspecified atom stereocenters. The highest BCUT2D eigenvalue weighted by atomic mass is 35.5. The number of fused-ring (bicyclic) bond motifs is 1. The van der Waals surface area contributed by atoms with Gasteiger partial charge in [0.05, 0.1) is 17.5 Å². The first kappa shape index (κ1) is 24.3. The molecule has 3 aliphatic heterocycles. The Balaban J connectivity index is 1.71. The molecule has 8 nitrogen and oxygen atoms in total. The van der Waals surface area contributed by atoms with Crippen molar-refractivity contribution in [2.24, 2.45) is 11.8 Å². The van der Waals surface area contributed by atoms with Crippen molar-refractivity contribution >= 4 is 29.3 Å². The number of ether oxygens (including phenoxy) is 2. The van der Waals surface area contributed by atoms with Gasteiger partial charge in [0.1, 0.15) is 35.9 Å². The van der Waals surface area contributed by atoms with Crippen molar-refractivity contribution in [1.82, 2.24) is 10.6 Å². The van der Waals surface area contributed by atoms with Crippen LogP contribution in [0, 0.1) is 11.8 Å². The monoisotopic (exact) mass is 464 g/mol. The van der Waals surface area contributed by atoms with Gasteiger partial charge < -0.3 is 35.4 Å². The Kier molecular flexibility index (Phi) is 8.48. The summed E-state index contributed by atoms with van der Waals surface area (Å²) < 4.78 is 11.8. The van der Waals surface area contributed by atoms with E-state index in [0.29, 0.717) is 19.1 Å². The van der Waals surface area contributed by atoms with Crippen LogP contribution in [0.3, 0.4) is 0 Å².